The van der Waals surface area contributed by atoms with Crippen LogP contribution in [0.2, 0.25) is 0 Å². The second-order valence-corrected chi connectivity index (χ2v) is 6.49. The first-order valence-electron chi connectivity index (χ1n) is 5.49. The third-order valence-electron chi connectivity index (χ3n) is 2.79. The molecule has 1 N–H and O–H groups in total. The van der Waals surface area contributed by atoms with E-state index in [-0.39, 0.29) is 0 Å². The average Bonchev–Trinajstić information content (AvgIpc) is 2.49. The molecule has 2 nitrogen and oxygen atoms in total. The van der Waals surface area contributed by atoms with Crippen LogP contribution in [0.3, 0.4) is 0 Å². The lowest BCUT2D eigenvalue weighted by molar-refractivity contribution is 0.236. The minimum atomic E-state index is 0.348. The lowest BCUT2D eigenvalue weighted by atomic mass is 9.78. The van der Waals surface area contributed by atoms with E-state index >= 15 is 0 Å². The molecule has 0 aliphatic carbocycles. The van der Waals surface area contributed by atoms with E-state index in [9.17, 15) is 0 Å². The van der Waals surface area contributed by atoms with Gasteiger partial charge in [0, 0.05) is 11.1 Å². The molecule has 0 radical (unpaired) electrons. The Morgan fingerprint density at radius 1 is 1.47 bits per heavy atom. The van der Waals surface area contributed by atoms with Crippen LogP contribution < -0.4 is 5.32 Å². The highest BCUT2D eigenvalue weighted by molar-refractivity contribution is 7.11. The van der Waals surface area contributed by atoms with Crippen molar-refractivity contribution in [3.8, 4) is 0 Å². The quantitative estimate of drug-likeness (QED) is 0.854. The van der Waals surface area contributed by atoms with Crippen LogP contribution in [0.1, 0.15) is 30.7 Å². The van der Waals surface area contributed by atoms with Gasteiger partial charge in [0.15, 0.2) is 0 Å². The van der Waals surface area contributed by atoms with Gasteiger partial charge in [-0.15, -0.1) is 11.3 Å². The van der Waals surface area contributed by atoms with E-state index < -0.39 is 0 Å². The monoisotopic (exact) mass is 226 g/mol. The zero-order chi connectivity index (χ0) is 11.5. The normalized spacial score (nSPS) is 14.2. The van der Waals surface area contributed by atoms with Crippen LogP contribution in [0.4, 0.5) is 0 Å². The smallest absolute Gasteiger partial charge is 0.0896 e. The highest BCUT2D eigenvalue weighted by atomic mass is 32.1. The Morgan fingerprint density at radius 2 is 2.13 bits per heavy atom. The SMILES string of the molecule is CNCC(Cc1cnc(C)s1)C(C)(C)C. The lowest BCUT2D eigenvalue weighted by Gasteiger charge is -2.30. The van der Waals surface area contributed by atoms with Crippen LogP contribution in [0.5, 0.6) is 0 Å². The van der Waals surface area contributed by atoms with Crippen molar-refractivity contribution in [3.05, 3.63) is 16.1 Å². The van der Waals surface area contributed by atoms with Crippen LogP contribution >= 0.6 is 11.3 Å². The number of thiazole rings is 1. The van der Waals surface area contributed by atoms with Crippen molar-refractivity contribution in [2.24, 2.45) is 11.3 Å². The van der Waals surface area contributed by atoms with Crippen LogP contribution in [-0.2, 0) is 6.42 Å². The van der Waals surface area contributed by atoms with Gasteiger partial charge in [-0.05, 0) is 38.3 Å². The predicted molar refractivity (Wildman–Crippen MR) is 67.4 cm³/mol. The molecule has 1 aromatic heterocycles. The highest BCUT2D eigenvalue weighted by Gasteiger charge is 2.24. The number of hydrogen-bond donors (Lipinski definition) is 1. The van der Waals surface area contributed by atoms with Gasteiger partial charge in [0.25, 0.3) is 0 Å². The highest BCUT2D eigenvalue weighted by Crippen LogP contribution is 2.30. The maximum atomic E-state index is 4.31. The van der Waals surface area contributed by atoms with Crippen LogP contribution in [0.25, 0.3) is 0 Å². The van der Waals surface area contributed by atoms with E-state index in [0.717, 1.165) is 13.0 Å². The third-order valence-corrected chi connectivity index (χ3v) is 3.73. The van der Waals surface area contributed by atoms with E-state index in [1.807, 2.05) is 24.6 Å². The number of nitrogens with one attached hydrogen (secondary N) is 1. The van der Waals surface area contributed by atoms with Gasteiger partial charge in [-0.1, -0.05) is 20.8 Å². The summed E-state index contributed by atoms with van der Waals surface area (Å²) in [5, 5.41) is 4.45. The molecule has 3 heteroatoms. The molecule has 1 unspecified atom stereocenters. The molecule has 0 saturated carbocycles. The van der Waals surface area contributed by atoms with Gasteiger partial charge in [-0.2, -0.15) is 0 Å². The Balaban J connectivity index is 2.66. The first-order chi connectivity index (χ1) is 6.93. The molecule has 1 aromatic rings. The summed E-state index contributed by atoms with van der Waals surface area (Å²) in [5.74, 6) is 0.669. The van der Waals surface area contributed by atoms with Crippen molar-refractivity contribution in [1.82, 2.24) is 10.3 Å². The fourth-order valence-electron chi connectivity index (χ4n) is 1.67. The van der Waals surface area contributed by atoms with Crippen LogP contribution in [-0.4, -0.2) is 18.6 Å². The Labute approximate surface area is 97.1 Å². The van der Waals surface area contributed by atoms with E-state index in [2.05, 4.69) is 38.0 Å². The maximum absolute atomic E-state index is 4.31. The summed E-state index contributed by atoms with van der Waals surface area (Å²) in [5.41, 5.74) is 0.348. The Bertz CT molecular complexity index is 299. The number of hydrogen-bond acceptors (Lipinski definition) is 3. The van der Waals surface area contributed by atoms with Gasteiger partial charge < -0.3 is 5.32 Å². The molecule has 1 rings (SSSR count). The van der Waals surface area contributed by atoms with Gasteiger partial charge in [-0.25, -0.2) is 4.98 Å². The first-order valence-corrected chi connectivity index (χ1v) is 6.31. The standard InChI is InChI=1S/C12H22N2S/c1-9-14-8-11(15-9)6-10(7-13-5)12(2,3)4/h8,10,13H,6-7H2,1-5H3. The van der Waals surface area contributed by atoms with Crippen molar-refractivity contribution < 1.29 is 0 Å². The van der Waals surface area contributed by atoms with E-state index in [0.29, 0.717) is 11.3 Å². The molecule has 15 heavy (non-hydrogen) atoms. The molecule has 0 fully saturated rings. The summed E-state index contributed by atoms with van der Waals surface area (Å²) in [6, 6.07) is 0. The number of nitrogens with zero attached hydrogens (tertiary/aromatic N) is 1. The largest absolute Gasteiger partial charge is 0.319 e. The molecule has 0 aliphatic rings. The lowest BCUT2D eigenvalue weighted by Crippen LogP contribution is -2.31. The van der Waals surface area contributed by atoms with E-state index in [1.54, 1.807) is 0 Å². The summed E-state index contributed by atoms with van der Waals surface area (Å²) >= 11 is 1.82. The molecule has 0 amide bonds. The number of aromatic nitrogens is 1. The molecule has 1 atom stereocenters. The van der Waals surface area contributed by atoms with Crippen molar-refractivity contribution in [2.45, 2.75) is 34.1 Å². The first kappa shape index (κ1) is 12.7. The van der Waals surface area contributed by atoms with E-state index in [1.165, 1.54) is 9.88 Å². The van der Waals surface area contributed by atoms with Gasteiger partial charge >= 0.3 is 0 Å². The average molecular weight is 226 g/mol. The Morgan fingerprint density at radius 3 is 2.53 bits per heavy atom. The zero-order valence-corrected chi connectivity index (χ0v) is 11.2. The fourth-order valence-corrected chi connectivity index (χ4v) is 2.55. The second-order valence-electron chi connectivity index (χ2n) is 5.17. The van der Waals surface area contributed by atoms with Crippen molar-refractivity contribution in [3.63, 3.8) is 0 Å². The minimum absolute atomic E-state index is 0.348. The fraction of sp³-hybridized carbons (Fsp3) is 0.750. The van der Waals surface area contributed by atoms with Crippen LogP contribution in [0.15, 0.2) is 6.20 Å². The summed E-state index contributed by atoms with van der Waals surface area (Å²) in [6.07, 6.45) is 3.16. The molecule has 86 valence electrons. The molecule has 0 aliphatic heterocycles. The Kier molecular flexibility index (Phi) is 4.29. The number of aryl methyl sites for hydroxylation is 1. The van der Waals surface area contributed by atoms with Gasteiger partial charge in [0.1, 0.15) is 0 Å². The molecule has 0 bridgehead atoms. The summed E-state index contributed by atoms with van der Waals surface area (Å²) in [7, 11) is 2.02. The topological polar surface area (TPSA) is 24.9 Å². The third kappa shape index (κ3) is 3.92. The summed E-state index contributed by atoms with van der Waals surface area (Å²) in [6.45, 7) is 10.1. The van der Waals surface area contributed by atoms with E-state index in [4.69, 9.17) is 0 Å². The summed E-state index contributed by atoms with van der Waals surface area (Å²) in [4.78, 5) is 5.72. The van der Waals surface area contributed by atoms with Crippen molar-refractivity contribution in [1.29, 1.82) is 0 Å². The van der Waals surface area contributed by atoms with Crippen molar-refractivity contribution >= 4 is 11.3 Å². The van der Waals surface area contributed by atoms with Gasteiger partial charge in [0.2, 0.25) is 0 Å². The van der Waals surface area contributed by atoms with Gasteiger partial charge in [0.05, 0.1) is 5.01 Å². The van der Waals surface area contributed by atoms with Crippen LogP contribution in [0, 0.1) is 18.3 Å². The molecule has 0 spiro atoms. The molecular formula is C12H22N2S. The van der Waals surface area contributed by atoms with Crippen molar-refractivity contribution in [2.75, 3.05) is 13.6 Å². The molecule has 0 saturated heterocycles. The molecule has 1 heterocycles. The Hall–Kier alpha value is -0.410. The minimum Gasteiger partial charge on any atom is -0.319 e. The predicted octanol–water partition coefficient (Wildman–Crippen LogP) is 2.88. The number of rotatable bonds is 4. The summed E-state index contributed by atoms with van der Waals surface area (Å²) < 4.78 is 0. The van der Waals surface area contributed by atoms with Gasteiger partial charge in [-0.3, -0.25) is 0 Å². The maximum Gasteiger partial charge on any atom is 0.0896 e. The second kappa shape index (κ2) is 5.08. The molecular weight excluding hydrogens is 204 g/mol. The zero-order valence-electron chi connectivity index (χ0n) is 10.4. The molecule has 0 aromatic carbocycles.